The molecule has 0 aromatic carbocycles. The van der Waals surface area contributed by atoms with Gasteiger partial charge in [0.2, 0.25) is 0 Å². The SMILES string of the molecule is CCSC(C)(C)/C=C/C(C(=O)OC)C(C)C. The molecule has 0 saturated heterocycles. The van der Waals surface area contributed by atoms with Gasteiger partial charge in [0, 0.05) is 4.75 Å². The van der Waals surface area contributed by atoms with Crippen molar-refractivity contribution in [3.63, 3.8) is 0 Å². The Bertz CT molecular complexity index is 244. The predicted molar refractivity (Wildman–Crippen MR) is 71.7 cm³/mol. The number of hydrogen-bond acceptors (Lipinski definition) is 3. The number of carbonyl (C=O) groups is 1. The minimum absolute atomic E-state index is 0.0793. The number of rotatable bonds is 6. The zero-order valence-electron chi connectivity index (χ0n) is 11.2. The molecule has 0 heterocycles. The molecule has 0 radical (unpaired) electrons. The standard InChI is InChI=1S/C13H24O2S/c1-7-16-13(4,5)9-8-11(10(2)3)12(14)15-6/h8-11H,7H2,1-6H3/b9-8+. The van der Waals surface area contributed by atoms with Crippen LogP contribution in [0.4, 0.5) is 0 Å². The summed E-state index contributed by atoms with van der Waals surface area (Å²) in [5.41, 5.74) is 0. The van der Waals surface area contributed by atoms with E-state index in [0.717, 1.165) is 5.75 Å². The molecule has 0 aliphatic rings. The molecule has 0 aromatic rings. The molecule has 1 atom stereocenters. The van der Waals surface area contributed by atoms with Gasteiger partial charge >= 0.3 is 5.97 Å². The van der Waals surface area contributed by atoms with E-state index in [1.54, 1.807) is 0 Å². The molecule has 0 aliphatic heterocycles. The lowest BCUT2D eigenvalue weighted by Crippen LogP contribution is -2.21. The van der Waals surface area contributed by atoms with E-state index in [1.807, 2.05) is 31.7 Å². The zero-order valence-corrected chi connectivity index (χ0v) is 12.1. The molecule has 16 heavy (non-hydrogen) atoms. The molecule has 0 spiro atoms. The Labute approximate surface area is 104 Å². The minimum Gasteiger partial charge on any atom is -0.469 e. The van der Waals surface area contributed by atoms with Gasteiger partial charge in [0.1, 0.15) is 0 Å². The number of ether oxygens (including phenoxy) is 1. The van der Waals surface area contributed by atoms with Gasteiger partial charge in [-0.15, -0.1) is 0 Å². The van der Waals surface area contributed by atoms with E-state index in [0.29, 0.717) is 0 Å². The van der Waals surface area contributed by atoms with Crippen LogP contribution in [0, 0.1) is 11.8 Å². The van der Waals surface area contributed by atoms with E-state index in [1.165, 1.54) is 7.11 Å². The number of hydrogen-bond donors (Lipinski definition) is 0. The Morgan fingerprint density at radius 3 is 2.38 bits per heavy atom. The normalized spacial score (nSPS) is 14.4. The fraction of sp³-hybridized carbons (Fsp3) is 0.769. The Balaban J connectivity index is 4.62. The van der Waals surface area contributed by atoms with Gasteiger partial charge in [-0.1, -0.05) is 32.9 Å². The van der Waals surface area contributed by atoms with Gasteiger partial charge in [-0.05, 0) is 25.5 Å². The summed E-state index contributed by atoms with van der Waals surface area (Å²) in [5.74, 6) is 1.05. The largest absolute Gasteiger partial charge is 0.469 e. The summed E-state index contributed by atoms with van der Waals surface area (Å²) in [6.45, 7) is 10.5. The molecule has 0 fully saturated rings. The third-order valence-electron chi connectivity index (χ3n) is 2.41. The maximum Gasteiger partial charge on any atom is 0.312 e. The lowest BCUT2D eigenvalue weighted by molar-refractivity contribution is -0.145. The van der Waals surface area contributed by atoms with Crippen molar-refractivity contribution in [2.45, 2.75) is 39.4 Å². The van der Waals surface area contributed by atoms with E-state index in [4.69, 9.17) is 4.74 Å². The van der Waals surface area contributed by atoms with Crippen LogP contribution in [-0.2, 0) is 9.53 Å². The van der Waals surface area contributed by atoms with Gasteiger partial charge in [0.15, 0.2) is 0 Å². The molecular weight excluding hydrogens is 220 g/mol. The highest BCUT2D eigenvalue weighted by atomic mass is 32.2. The third kappa shape index (κ3) is 5.59. The molecule has 0 saturated carbocycles. The Morgan fingerprint density at radius 2 is 2.00 bits per heavy atom. The predicted octanol–water partition coefficient (Wildman–Crippen LogP) is 3.52. The van der Waals surface area contributed by atoms with Gasteiger partial charge in [-0.3, -0.25) is 4.79 Å². The van der Waals surface area contributed by atoms with Crippen LogP contribution in [0.2, 0.25) is 0 Å². The van der Waals surface area contributed by atoms with Crippen molar-refractivity contribution in [2.75, 3.05) is 12.9 Å². The molecule has 1 unspecified atom stereocenters. The number of carbonyl (C=O) groups excluding carboxylic acids is 1. The van der Waals surface area contributed by atoms with Gasteiger partial charge in [0.05, 0.1) is 13.0 Å². The van der Waals surface area contributed by atoms with Crippen LogP contribution in [0.15, 0.2) is 12.2 Å². The first-order valence-corrected chi connectivity index (χ1v) is 6.73. The first-order chi connectivity index (χ1) is 7.34. The highest BCUT2D eigenvalue weighted by Gasteiger charge is 2.21. The molecule has 0 aliphatic carbocycles. The van der Waals surface area contributed by atoms with E-state index >= 15 is 0 Å². The van der Waals surface area contributed by atoms with Crippen LogP contribution in [0.25, 0.3) is 0 Å². The summed E-state index contributed by atoms with van der Waals surface area (Å²) < 4.78 is 4.88. The number of thioether (sulfide) groups is 1. The second-order valence-corrected chi connectivity index (χ2v) is 6.61. The molecule has 0 N–H and O–H groups in total. The fourth-order valence-corrected chi connectivity index (χ4v) is 2.38. The van der Waals surface area contributed by atoms with Crippen molar-refractivity contribution >= 4 is 17.7 Å². The Morgan fingerprint density at radius 1 is 1.44 bits per heavy atom. The molecule has 2 nitrogen and oxygen atoms in total. The first kappa shape index (κ1) is 15.6. The van der Waals surface area contributed by atoms with Gasteiger partial charge in [-0.25, -0.2) is 0 Å². The van der Waals surface area contributed by atoms with Crippen LogP contribution in [0.5, 0.6) is 0 Å². The van der Waals surface area contributed by atoms with Crippen LogP contribution in [-0.4, -0.2) is 23.6 Å². The van der Waals surface area contributed by atoms with Crippen molar-refractivity contribution in [1.29, 1.82) is 0 Å². The second-order valence-electron chi connectivity index (χ2n) is 4.69. The summed E-state index contributed by atoms with van der Waals surface area (Å²) in [4.78, 5) is 11.5. The van der Waals surface area contributed by atoms with E-state index in [2.05, 4.69) is 26.8 Å². The number of methoxy groups -OCH3 is 1. The summed E-state index contributed by atoms with van der Waals surface area (Å²) in [7, 11) is 1.44. The molecule has 0 aromatic heterocycles. The maximum atomic E-state index is 11.5. The lowest BCUT2D eigenvalue weighted by Gasteiger charge is -2.21. The summed E-state index contributed by atoms with van der Waals surface area (Å²) in [5, 5.41) is 0. The Kier molecular flexibility index (Phi) is 6.81. The summed E-state index contributed by atoms with van der Waals surface area (Å²) in [6, 6.07) is 0. The summed E-state index contributed by atoms with van der Waals surface area (Å²) in [6.07, 6.45) is 4.10. The van der Waals surface area contributed by atoms with Crippen molar-refractivity contribution in [1.82, 2.24) is 0 Å². The van der Waals surface area contributed by atoms with Crippen molar-refractivity contribution in [2.24, 2.45) is 11.8 Å². The smallest absolute Gasteiger partial charge is 0.312 e. The molecule has 0 amide bonds. The average Bonchev–Trinajstić information content (AvgIpc) is 2.16. The van der Waals surface area contributed by atoms with Crippen molar-refractivity contribution < 1.29 is 9.53 Å². The van der Waals surface area contributed by atoms with E-state index < -0.39 is 0 Å². The highest BCUT2D eigenvalue weighted by Crippen LogP contribution is 2.27. The average molecular weight is 244 g/mol. The van der Waals surface area contributed by atoms with E-state index in [-0.39, 0.29) is 22.6 Å². The first-order valence-electron chi connectivity index (χ1n) is 5.75. The molecule has 3 heteroatoms. The molecule has 94 valence electrons. The van der Waals surface area contributed by atoms with Crippen LogP contribution in [0.1, 0.15) is 34.6 Å². The lowest BCUT2D eigenvalue weighted by atomic mass is 9.94. The fourth-order valence-electron chi connectivity index (χ4n) is 1.46. The van der Waals surface area contributed by atoms with Gasteiger partial charge in [0.25, 0.3) is 0 Å². The van der Waals surface area contributed by atoms with Crippen LogP contribution >= 0.6 is 11.8 Å². The molecule has 0 rings (SSSR count). The minimum atomic E-state index is -0.149. The Hall–Kier alpha value is -0.440. The van der Waals surface area contributed by atoms with Gasteiger partial charge in [-0.2, -0.15) is 11.8 Å². The third-order valence-corrected chi connectivity index (χ3v) is 3.58. The monoisotopic (exact) mass is 244 g/mol. The van der Waals surface area contributed by atoms with Gasteiger partial charge < -0.3 is 4.74 Å². The molecular formula is C13H24O2S. The molecule has 0 bridgehead atoms. The quantitative estimate of drug-likeness (QED) is 0.528. The number of esters is 1. The van der Waals surface area contributed by atoms with Crippen LogP contribution in [0.3, 0.4) is 0 Å². The van der Waals surface area contributed by atoms with Crippen molar-refractivity contribution in [3.8, 4) is 0 Å². The van der Waals surface area contributed by atoms with Crippen molar-refractivity contribution in [3.05, 3.63) is 12.2 Å². The van der Waals surface area contributed by atoms with E-state index in [9.17, 15) is 4.79 Å². The summed E-state index contributed by atoms with van der Waals surface area (Å²) >= 11 is 1.87. The van der Waals surface area contributed by atoms with Crippen LogP contribution < -0.4 is 0 Å². The highest BCUT2D eigenvalue weighted by molar-refractivity contribution is 8.00. The second kappa shape index (κ2) is 7.00. The zero-order chi connectivity index (χ0) is 12.8. The maximum absolute atomic E-state index is 11.5. The topological polar surface area (TPSA) is 26.3 Å².